The molecule has 0 aliphatic rings. The normalized spacial score (nSPS) is 12.7. The van der Waals surface area contributed by atoms with Gasteiger partial charge in [-0.2, -0.15) is 5.10 Å². The Morgan fingerprint density at radius 1 is 1.30 bits per heavy atom. The molecule has 0 saturated heterocycles. The zero-order chi connectivity index (χ0) is 14.7. The Kier molecular flexibility index (Phi) is 4.44. The van der Waals surface area contributed by atoms with E-state index in [0.29, 0.717) is 24.1 Å². The molecular weight excluding hydrogens is 262 g/mol. The summed E-state index contributed by atoms with van der Waals surface area (Å²) in [6.07, 6.45) is 2.27. The highest BCUT2D eigenvalue weighted by atomic mass is 19.1. The fourth-order valence-electron chi connectivity index (χ4n) is 2.00. The Bertz CT molecular complexity index is 595. The zero-order valence-electron chi connectivity index (χ0n) is 11.8. The number of nitrogens with zero attached hydrogens (tertiary/aromatic N) is 3. The SMILES string of the molecule is Cc1cc(F)c(C(C)NCCc2ncn(C)n2)cc1F. The van der Waals surface area contributed by atoms with Gasteiger partial charge in [0.15, 0.2) is 5.82 Å². The molecular formula is C14H18F2N4. The van der Waals surface area contributed by atoms with Gasteiger partial charge >= 0.3 is 0 Å². The number of hydrogen-bond acceptors (Lipinski definition) is 3. The molecule has 0 radical (unpaired) electrons. The maximum absolute atomic E-state index is 13.8. The van der Waals surface area contributed by atoms with Crippen LogP contribution in [-0.2, 0) is 13.5 Å². The number of hydrogen-bond donors (Lipinski definition) is 1. The standard InChI is InChI=1S/C14H18F2N4/c1-9-6-13(16)11(7-12(9)15)10(2)17-5-4-14-18-8-20(3)19-14/h6-8,10,17H,4-5H2,1-3H3. The third-order valence-electron chi connectivity index (χ3n) is 3.19. The summed E-state index contributed by atoms with van der Waals surface area (Å²) in [7, 11) is 1.80. The van der Waals surface area contributed by atoms with Gasteiger partial charge < -0.3 is 5.32 Å². The van der Waals surface area contributed by atoms with Crippen molar-refractivity contribution in [1.82, 2.24) is 20.1 Å². The zero-order valence-corrected chi connectivity index (χ0v) is 11.8. The highest BCUT2D eigenvalue weighted by Gasteiger charge is 2.13. The Balaban J connectivity index is 1.95. The fraction of sp³-hybridized carbons (Fsp3) is 0.429. The van der Waals surface area contributed by atoms with Crippen molar-refractivity contribution in [2.45, 2.75) is 26.3 Å². The predicted octanol–water partition coefficient (Wildman–Crippen LogP) is 2.30. The average molecular weight is 280 g/mol. The van der Waals surface area contributed by atoms with Gasteiger partial charge in [-0.1, -0.05) is 0 Å². The highest BCUT2D eigenvalue weighted by molar-refractivity contribution is 5.27. The van der Waals surface area contributed by atoms with Crippen molar-refractivity contribution in [3.8, 4) is 0 Å². The molecule has 108 valence electrons. The van der Waals surface area contributed by atoms with Gasteiger partial charge in [0.1, 0.15) is 18.0 Å². The van der Waals surface area contributed by atoms with Crippen LogP contribution < -0.4 is 5.32 Å². The summed E-state index contributed by atoms with van der Waals surface area (Å²) in [5.74, 6) is -0.0518. The van der Waals surface area contributed by atoms with Gasteiger partial charge in [0, 0.05) is 31.6 Å². The first-order chi connectivity index (χ1) is 9.47. The van der Waals surface area contributed by atoms with E-state index >= 15 is 0 Å². The molecule has 1 N–H and O–H groups in total. The second-order valence-electron chi connectivity index (χ2n) is 4.88. The van der Waals surface area contributed by atoms with E-state index in [2.05, 4.69) is 15.4 Å². The molecule has 0 saturated carbocycles. The molecule has 4 nitrogen and oxygen atoms in total. The second kappa shape index (κ2) is 6.09. The maximum Gasteiger partial charge on any atom is 0.151 e. The molecule has 6 heteroatoms. The van der Waals surface area contributed by atoms with E-state index in [-0.39, 0.29) is 17.7 Å². The maximum atomic E-state index is 13.8. The van der Waals surface area contributed by atoms with Crippen molar-refractivity contribution in [1.29, 1.82) is 0 Å². The van der Waals surface area contributed by atoms with Crippen LogP contribution in [0.5, 0.6) is 0 Å². The Hall–Kier alpha value is -1.82. The Morgan fingerprint density at radius 2 is 2.05 bits per heavy atom. The lowest BCUT2D eigenvalue weighted by Crippen LogP contribution is -2.23. The van der Waals surface area contributed by atoms with E-state index in [1.54, 1.807) is 31.9 Å². The summed E-state index contributed by atoms with van der Waals surface area (Å²) in [6.45, 7) is 3.95. The van der Waals surface area contributed by atoms with E-state index in [4.69, 9.17) is 0 Å². The summed E-state index contributed by atoms with van der Waals surface area (Å²) in [5.41, 5.74) is 0.651. The van der Waals surface area contributed by atoms with Crippen LogP contribution in [0.25, 0.3) is 0 Å². The molecule has 0 fully saturated rings. The van der Waals surface area contributed by atoms with Crippen molar-refractivity contribution in [2.24, 2.45) is 7.05 Å². The number of nitrogens with one attached hydrogen (secondary N) is 1. The number of aromatic nitrogens is 3. The molecule has 20 heavy (non-hydrogen) atoms. The van der Waals surface area contributed by atoms with Crippen LogP contribution in [0.2, 0.25) is 0 Å². The summed E-state index contributed by atoms with van der Waals surface area (Å²) in [4.78, 5) is 4.11. The minimum absolute atomic E-state index is 0.270. The lowest BCUT2D eigenvalue weighted by Gasteiger charge is -2.15. The molecule has 1 unspecified atom stereocenters. The Labute approximate surface area is 116 Å². The van der Waals surface area contributed by atoms with E-state index in [9.17, 15) is 8.78 Å². The minimum Gasteiger partial charge on any atom is -0.310 e. The monoisotopic (exact) mass is 280 g/mol. The molecule has 0 aliphatic heterocycles. The number of aryl methyl sites for hydroxylation is 2. The van der Waals surface area contributed by atoms with Crippen molar-refractivity contribution >= 4 is 0 Å². The van der Waals surface area contributed by atoms with Gasteiger partial charge in [-0.15, -0.1) is 0 Å². The molecule has 0 aliphatic carbocycles. The number of benzene rings is 1. The molecule has 1 aromatic heterocycles. The number of rotatable bonds is 5. The molecule has 0 spiro atoms. The molecule has 1 aromatic carbocycles. The van der Waals surface area contributed by atoms with Crippen LogP contribution in [0.1, 0.15) is 29.9 Å². The quantitative estimate of drug-likeness (QED) is 0.914. The fourth-order valence-corrected chi connectivity index (χ4v) is 2.00. The average Bonchev–Trinajstić information content (AvgIpc) is 2.79. The van der Waals surface area contributed by atoms with Crippen LogP contribution in [0.3, 0.4) is 0 Å². The van der Waals surface area contributed by atoms with Crippen LogP contribution in [0.4, 0.5) is 8.78 Å². The van der Waals surface area contributed by atoms with Gasteiger partial charge in [-0.3, -0.25) is 4.68 Å². The van der Waals surface area contributed by atoms with Gasteiger partial charge in [0.05, 0.1) is 0 Å². The second-order valence-corrected chi connectivity index (χ2v) is 4.88. The van der Waals surface area contributed by atoms with Crippen molar-refractivity contribution < 1.29 is 8.78 Å². The lowest BCUT2D eigenvalue weighted by atomic mass is 10.0. The molecule has 2 aromatic rings. The lowest BCUT2D eigenvalue weighted by molar-refractivity contribution is 0.516. The van der Waals surface area contributed by atoms with Gasteiger partial charge in [-0.05, 0) is 31.5 Å². The third-order valence-corrected chi connectivity index (χ3v) is 3.19. The van der Waals surface area contributed by atoms with Gasteiger partial charge in [0.2, 0.25) is 0 Å². The topological polar surface area (TPSA) is 42.7 Å². The summed E-state index contributed by atoms with van der Waals surface area (Å²) in [5, 5.41) is 7.30. The minimum atomic E-state index is -0.389. The summed E-state index contributed by atoms with van der Waals surface area (Å²) in [6, 6.07) is 2.21. The van der Waals surface area contributed by atoms with Gasteiger partial charge in [-0.25, -0.2) is 13.8 Å². The molecule has 1 atom stereocenters. The molecule has 0 amide bonds. The number of halogens is 2. The summed E-state index contributed by atoms with van der Waals surface area (Å²) >= 11 is 0. The first kappa shape index (κ1) is 14.6. The van der Waals surface area contributed by atoms with Crippen molar-refractivity contribution in [2.75, 3.05) is 6.54 Å². The van der Waals surface area contributed by atoms with Crippen molar-refractivity contribution in [3.05, 3.63) is 47.0 Å². The Morgan fingerprint density at radius 3 is 2.70 bits per heavy atom. The smallest absolute Gasteiger partial charge is 0.151 e. The highest BCUT2D eigenvalue weighted by Crippen LogP contribution is 2.20. The summed E-state index contributed by atoms with van der Waals surface area (Å²) < 4.78 is 28.9. The largest absolute Gasteiger partial charge is 0.310 e. The predicted molar refractivity (Wildman–Crippen MR) is 72.2 cm³/mol. The van der Waals surface area contributed by atoms with E-state index in [0.717, 1.165) is 5.82 Å². The third kappa shape index (κ3) is 3.39. The van der Waals surface area contributed by atoms with E-state index in [1.807, 2.05) is 0 Å². The molecule has 2 rings (SSSR count). The van der Waals surface area contributed by atoms with Crippen LogP contribution in [-0.4, -0.2) is 21.3 Å². The van der Waals surface area contributed by atoms with Crippen LogP contribution in [0.15, 0.2) is 18.5 Å². The first-order valence-electron chi connectivity index (χ1n) is 6.51. The first-order valence-corrected chi connectivity index (χ1v) is 6.51. The van der Waals surface area contributed by atoms with Crippen molar-refractivity contribution in [3.63, 3.8) is 0 Å². The molecule has 1 heterocycles. The molecule has 0 bridgehead atoms. The van der Waals surface area contributed by atoms with Crippen LogP contribution in [0, 0.1) is 18.6 Å². The van der Waals surface area contributed by atoms with Gasteiger partial charge in [0.25, 0.3) is 0 Å². The van der Waals surface area contributed by atoms with E-state index < -0.39 is 0 Å². The van der Waals surface area contributed by atoms with E-state index in [1.165, 1.54) is 12.1 Å². The van der Waals surface area contributed by atoms with Crippen LogP contribution >= 0.6 is 0 Å².